The second kappa shape index (κ2) is 7.43. The van der Waals surface area contributed by atoms with Gasteiger partial charge in [-0.05, 0) is 36.3 Å². The van der Waals surface area contributed by atoms with Crippen LogP contribution in [-0.4, -0.2) is 28.9 Å². The molecule has 2 aliphatic carbocycles. The maximum Gasteiger partial charge on any atom is 0.274 e. The van der Waals surface area contributed by atoms with Crippen molar-refractivity contribution in [1.29, 1.82) is 0 Å². The third kappa shape index (κ3) is 3.74. The molecule has 1 aromatic carbocycles. The van der Waals surface area contributed by atoms with Crippen molar-refractivity contribution in [2.75, 3.05) is 0 Å². The maximum absolute atomic E-state index is 12.2. The molecule has 10 heteroatoms. The first-order valence-electron chi connectivity index (χ1n) is 8.13. The molecule has 0 aliphatic heterocycles. The molecule has 0 amide bonds. The van der Waals surface area contributed by atoms with Gasteiger partial charge in [0, 0.05) is 11.6 Å². The van der Waals surface area contributed by atoms with E-state index >= 15 is 0 Å². The number of nitro benzene ring substituents is 1. The van der Waals surface area contributed by atoms with E-state index in [4.69, 9.17) is 0 Å². The minimum Gasteiger partial charge on any atom is -0.293 e. The number of azo groups is 1. The average Bonchev–Trinajstić information content (AvgIpc) is 2.65. The number of carbonyl (C=O) groups is 1. The molecule has 0 heterocycles. The normalized spacial score (nSPS) is 16.6. The van der Waals surface area contributed by atoms with E-state index in [0.717, 1.165) is 0 Å². The quantitative estimate of drug-likeness (QED) is 0.342. The number of benzene rings is 1. The molecule has 0 radical (unpaired) electrons. The Morgan fingerprint density at radius 3 is 2.54 bits per heavy atom. The number of rotatable bonds is 4. The molecule has 2 aliphatic rings. The van der Waals surface area contributed by atoms with Crippen LogP contribution >= 0.6 is 0 Å². The van der Waals surface area contributed by atoms with Crippen molar-refractivity contribution < 1.29 is 23.0 Å². The molecule has 0 saturated carbocycles. The van der Waals surface area contributed by atoms with E-state index in [2.05, 4.69) is 10.2 Å². The molecular formula is C18H15N3O6S. The van der Waals surface area contributed by atoms with Gasteiger partial charge in [0.05, 0.1) is 21.0 Å². The first-order valence-corrected chi connectivity index (χ1v) is 9.60. The summed E-state index contributed by atoms with van der Waals surface area (Å²) in [5.41, 5.74) is 1.36. The van der Waals surface area contributed by atoms with Gasteiger partial charge in [0.1, 0.15) is 5.70 Å². The molecule has 3 rings (SSSR count). The smallest absolute Gasteiger partial charge is 0.274 e. The number of ketones is 1. The molecule has 9 nitrogen and oxygen atoms in total. The lowest BCUT2D eigenvalue weighted by atomic mass is 9.92. The first-order chi connectivity index (χ1) is 13.2. The van der Waals surface area contributed by atoms with E-state index in [1.54, 1.807) is 13.0 Å². The second-order valence-corrected chi connectivity index (χ2v) is 7.34. The van der Waals surface area contributed by atoms with Crippen LogP contribution in [-0.2, 0) is 21.3 Å². The lowest BCUT2D eigenvalue weighted by molar-refractivity contribution is -0.385. The minimum atomic E-state index is -4.14. The van der Waals surface area contributed by atoms with Crippen molar-refractivity contribution >= 4 is 32.1 Å². The Morgan fingerprint density at radius 2 is 1.89 bits per heavy atom. The van der Waals surface area contributed by atoms with Gasteiger partial charge in [-0.1, -0.05) is 25.1 Å². The van der Waals surface area contributed by atoms with Gasteiger partial charge in [-0.3, -0.25) is 24.0 Å². The van der Waals surface area contributed by atoms with E-state index in [0.29, 0.717) is 23.1 Å². The fourth-order valence-electron chi connectivity index (χ4n) is 2.83. The largest absolute Gasteiger partial charge is 0.293 e. The summed E-state index contributed by atoms with van der Waals surface area (Å²) >= 11 is 0. The van der Waals surface area contributed by atoms with Crippen molar-refractivity contribution in [1.82, 2.24) is 0 Å². The molecule has 0 fully saturated rings. The van der Waals surface area contributed by atoms with Crippen LogP contribution in [0.4, 0.5) is 11.4 Å². The molecule has 28 heavy (non-hydrogen) atoms. The lowest BCUT2D eigenvalue weighted by Crippen LogP contribution is -2.14. The highest BCUT2D eigenvalue weighted by Crippen LogP contribution is 2.32. The summed E-state index contributed by atoms with van der Waals surface area (Å²) in [6.07, 6.45) is 6.91. The van der Waals surface area contributed by atoms with Gasteiger partial charge in [0.25, 0.3) is 5.69 Å². The monoisotopic (exact) mass is 401 g/mol. The number of nitrogens with zero attached hydrogens (tertiary/aromatic N) is 3. The Bertz CT molecular complexity index is 1160. The van der Waals surface area contributed by atoms with E-state index in [9.17, 15) is 28.2 Å². The van der Waals surface area contributed by atoms with Crippen molar-refractivity contribution in [3.8, 4) is 0 Å². The van der Waals surface area contributed by atoms with Crippen LogP contribution in [0.25, 0.3) is 0 Å². The van der Waals surface area contributed by atoms with Crippen LogP contribution in [0.15, 0.2) is 75.7 Å². The molecule has 0 atom stereocenters. The van der Waals surface area contributed by atoms with Crippen molar-refractivity contribution in [2.24, 2.45) is 10.2 Å². The Balaban J connectivity index is 2.08. The Kier molecular flexibility index (Phi) is 5.18. The van der Waals surface area contributed by atoms with Crippen LogP contribution in [0, 0.1) is 10.1 Å². The number of fused-ring (bicyclic) bond motifs is 1. The highest BCUT2D eigenvalue weighted by atomic mass is 32.2. The summed E-state index contributed by atoms with van der Waals surface area (Å²) in [5.74, 6) is -0.429. The minimum absolute atomic E-state index is 0.0139. The van der Waals surface area contributed by atoms with E-state index < -0.39 is 20.8 Å². The van der Waals surface area contributed by atoms with Crippen LogP contribution in [0.5, 0.6) is 0 Å². The zero-order valence-corrected chi connectivity index (χ0v) is 15.4. The second-order valence-electron chi connectivity index (χ2n) is 5.88. The standard InChI is InChI=1S/C18H15N3O6S/c1-2-13-15(4-3-5-16(13)21(23)24)19-20-18-14-8-7-12(28(25,26)27)10-11(14)6-9-17(18)22/h3-10H,2H2,1H3,(H2,25,26,27). The van der Waals surface area contributed by atoms with E-state index in [-0.39, 0.29) is 21.9 Å². The fourth-order valence-corrected chi connectivity index (χ4v) is 3.36. The van der Waals surface area contributed by atoms with Crippen LogP contribution in [0.1, 0.15) is 12.5 Å². The maximum atomic E-state index is 12.2. The number of hydrogen-bond donors (Lipinski definition) is 2. The summed E-state index contributed by atoms with van der Waals surface area (Å²) in [7, 11) is -4.14. The van der Waals surface area contributed by atoms with Gasteiger partial charge in [-0.15, -0.1) is 10.2 Å². The van der Waals surface area contributed by atoms with Crippen LogP contribution in [0.2, 0.25) is 0 Å². The topological polar surface area (TPSA) is 142 Å². The molecular weight excluding hydrogens is 386 g/mol. The summed E-state index contributed by atoms with van der Waals surface area (Å²) < 4.78 is 30.0. The van der Waals surface area contributed by atoms with Crippen LogP contribution < -0.4 is 0 Å². The molecule has 0 aromatic heterocycles. The van der Waals surface area contributed by atoms with Crippen molar-refractivity contribution in [3.63, 3.8) is 0 Å². The van der Waals surface area contributed by atoms with Crippen molar-refractivity contribution in [3.05, 3.63) is 81.1 Å². The summed E-state index contributed by atoms with van der Waals surface area (Å²) in [4.78, 5) is 22.7. The Labute approximate surface area is 160 Å². The van der Waals surface area contributed by atoms with Gasteiger partial charge in [-0.2, -0.15) is 0 Å². The molecule has 0 saturated heterocycles. The Hall–Kier alpha value is -3.21. The SMILES string of the molecule is CCc1c(N=NC2=C3C=CC(=S(=O)(O)O)C=C3C=CC2=O)cccc1[N+](=O)[O-]. The number of allylic oxidation sites excluding steroid dienone is 7. The third-order valence-corrected chi connectivity index (χ3v) is 5.04. The lowest BCUT2D eigenvalue weighted by Gasteiger charge is -2.16. The number of carbonyl (C=O) groups excluding carboxylic acids is 1. The number of nitro groups is 1. The third-order valence-electron chi connectivity index (χ3n) is 4.17. The molecule has 1 aromatic rings. The molecule has 2 N–H and O–H groups in total. The summed E-state index contributed by atoms with van der Waals surface area (Å²) in [6, 6.07) is 4.42. The fraction of sp³-hybridized carbons (Fsp3) is 0.111. The van der Waals surface area contributed by atoms with Gasteiger partial charge in [0.2, 0.25) is 15.9 Å². The summed E-state index contributed by atoms with van der Waals surface area (Å²) in [6.45, 7) is 1.75. The van der Waals surface area contributed by atoms with Gasteiger partial charge in [-0.25, -0.2) is 4.21 Å². The van der Waals surface area contributed by atoms with E-state index in [1.165, 1.54) is 42.5 Å². The van der Waals surface area contributed by atoms with Crippen molar-refractivity contribution in [2.45, 2.75) is 13.3 Å². The van der Waals surface area contributed by atoms with Gasteiger partial charge in [0.15, 0.2) is 0 Å². The predicted molar refractivity (Wildman–Crippen MR) is 104 cm³/mol. The zero-order valence-electron chi connectivity index (χ0n) is 14.6. The van der Waals surface area contributed by atoms with Gasteiger partial charge >= 0.3 is 0 Å². The molecule has 0 bridgehead atoms. The molecule has 0 spiro atoms. The Morgan fingerprint density at radius 1 is 1.14 bits per heavy atom. The molecule has 0 unspecified atom stereocenters. The molecule has 144 valence electrons. The highest BCUT2D eigenvalue weighted by Gasteiger charge is 2.23. The average molecular weight is 401 g/mol. The van der Waals surface area contributed by atoms with Gasteiger partial charge < -0.3 is 0 Å². The zero-order chi connectivity index (χ0) is 20.5. The summed E-state index contributed by atoms with van der Waals surface area (Å²) in [5, 5.41) is 19.2. The highest BCUT2D eigenvalue weighted by molar-refractivity contribution is 7.92. The number of hydrogen-bond acceptors (Lipinski definition) is 6. The first kappa shape index (κ1) is 19.5. The van der Waals surface area contributed by atoms with E-state index in [1.807, 2.05) is 0 Å². The predicted octanol–water partition coefficient (Wildman–Crippen LogP) is 3.53. The van der Waals surface area contributed by atoms with Crippen LogP contribution in [0.3, 0.4) is 0 Å².